The molecule has 0 aromatic heterocycles. The van der Waals surface area contributed by atoms with Crippen LogP contribution in [0.1, 0.15) is 105 Å². The van der Waals surface area contributed by atoms with Gasteiger partial charge in [0.15, 0.2) is 0 Å². The van der Waals surface area contributed by atoms with Gasteiger partial charge in [-0.3, -0.25) is 4.79 Å². The summed E-state index contributed by atoms with van der Waals surface area (Å²) >= 11 is 0. The Bertz CT molecular complexity index is 651. The number of aliphatic hydroxyl groups excluding tert-OH is 1. The van der Waals surface area contributed by atoms with Gasteiger partial charge >= 0.3 is 0 Å². The van der Waals surface area contributed by atoms with Crippen LogP contribution >= 0.6 is 0 Å². The summed E-state index contributed by atoms with van der Waals surface area (Å²) in [7, 11) is 0. The fourth-order valence-corrected chi connectivity index (χ4v) is 9.05. The van der Waals surface area contributed by atoms with Gasteiger partial charge in [0.25, 0.3) is 0 Å². The lowest BCUT2D eigenvalue weighted by atomic mass is 9.44. The van der Waals surface area contributed by atoms with Gasteiger partial charge in [0, 0.05) is 12.8 Å². The molecule has 0 amide bonds. The average molecular weight is 419 g/mol. The Morgan fingerprint density at radius 2 is 1.80 bits per heavy atom. The summed E-state index contributed by atoms with van der Waals surface area (Å²) in [5.74, 6) is 3.94. The molecule has 0 saturated heterocycles. The molecule has 4 fully saturated rings. The quantitative estimate of drug-likeness (QED) is 0.596. The van der Waals surface area contributed by atoms with E-state index in [1.165, 1.54) is 32.1 Å². The van der Waals surface area contributed by atoms with E-state index in [1.54, 1.807) is 0 Å². The third kappa shape index (κ3) is 3.81. The van der Waals surface area contributed by atoms with E-state index >= 15 is 0 Å². The van der Waals surface area contributed by atoms with Crippen LogP contribution in [0.25, 0.3) is 0 Å². The van der Waals surface area contributed by atoms with E-state index in [4.69, 9.17) is 0 Å². The molecule has 4 saturated carbocycles. The highest BCUT2D eigenvalue weighted by Crippen LogP contribution is 2.68. The van der Waals surface area contributed by atoms with Crippen LogP contribution < -0.4 is 0 Å². The fourth-order valence-electron chi connectivity index (χ4n) is 9.05. The molecule has 4 aliphatic rings. The number of fused-ring (bicyclic) bond motifs is 5. The third-order valence-corrected chi connectivity index (χ3v) is 10.7. The maximum atomic E-state index is 12.1. The highest BCUT2D eigenvalue weighted by Gasteiger charge is 2.62. The van der Waals surface area contributed by atoms with Crippen LogP contribution in [0.4, 0.5) is 0 Å². The minimum Gasteiger partial charge on any atom is -0.393 e. The number of rotatable bonds is 5. The number of Topliss-reactive ketones (excluding diaryl/α,β-unsaturated/α-hetero) is 1. The first-order valence-corrected chi connectivity index (χ1v) is 12.9. The van der Waals surface area contributed by atoms with Gasteiger partial charge in [-0.25, -0.2) is 0 Å². The largest absolute Gasteiger partial charge is 0.393 e. The Labute approximate surface area is 184 Å². The Hall–Kier alpha value is -0.410. The number of ketones is 1. The monoisotopic (exact) mass is 418 g/mol. The predicted octanol–water partition coefficient (Wildman–Crippen LogP) is 5.76. The number of aliphatic hydroxyl groups is 2. The molecule has 0 unspecified atom stereocenters. The van der Waals surface area contributed by atoms with Crippen molar-refractivity contribution < 1.29 is 15.0 Å². The van der Waals surface area contributed by atoms with Crippen LogP contribution in [0.5, 0.6) is 0 Å². The first-order valence-electron chi connectivity index (χ1n) is 12.9. The highest BCUT2D eigenvalue weighted by atomic mass is 16.3. The predicted molar refractivity (Wildman–Crippen MR) is 121 cm³/mol. The van der Waals surface area contributed by atoms with Crippen molar-refractivity contribution in [2.75, 3.05) is 0 Å². The fraction of sp³-hybridized carbons (Fsp3) is 0.963. The summed E-state index contributed by atoms with van der Waals surface area (Å²) in [5, 5.41) is 21.4. The molecule has 3 heteroatoms. The molecule has 30 heavy (non-hydrogen) atoms. The number of carbonyl (C=O) groups excluding carboxylic acids is 1. The van der Waals surface area contributed by atoms with Crippen LogP contribution in [0, 0.1) is 46.3 Å². The van der Waals surface area contributed by atoms with E-state index in [0.717, 1.165) is 38.0 Å². The molecule has 3 nitrogen and oxygen atoms in total. The van der Waals surface area contributed by atoms with Crippen LogP contribution in [-0.2, 0) is 4.79 Å². The van der Waals surface area contributed by atoms with Crippen molar-refractivity contribution in [3.63, 3.8) is 0 Å². The Morgan fingerprint density at radius 1 is 1.10 bits per heavy atom. The lowest BCUT2D eigenvalue weighted by molar-refractivity contribution is -0.169. The van der Waals surface area contributed by atoms with Crippen LogP contribution in [0.2, 0.25) is 0 Å². The van der Waals surface area contributed by atoms with Gasteiger partial charge in [0.05, 0.1) is 11.7 Å². The lowest BCUT2D eigenvalue weighted by Gasteiger charge is -2.62. The molecule has 4 aliphatic carbocycles. The molecular weight excluding hydrogens is 372 g/mol. The molecule has 0 radical (unpaired) electrons. The van der Waals surface area contributed by atoms with E-state index in [2.05, 4.69) is 20.8 Å². The Balaban J connectivity index is 1.49. The van der Waals surface area contributed by atoms with Gasteiger partial charge in [-0.05, 0) is 105 Å². The van der Waals surface area contributed by atoms with Gasteiger partial charge < -0.3 is 10.2 Å². The second-order valence-electron chi connectivity index (χ2n) is 12.9. The molecule has 2 N–H and O–H groups in total. The number of hydrogen-bond donors (Lipinski definition) is 2. The summed E-state index contributed by atoms with van der Waals surface area (Å²) in [6, 6.07) is 0. The molecule has 0 heterocycles. The first-order chi connectivity index (χ1) is 14.0. The zero-order chi connectivity index (χ0) is 21.9. The van der Waals surface area contributed by atoms with Crippen LogP contribution in [-0.4, -0.2) is 27.7 Å². The van der Waals surface area contributed by atoms with Gasteiger partial charge in [0.2, 0.25) is 0 Å². The lowest BCUT2D eigenvalue weighted by Crippen LogP contribution is -2.58. The molecule has 0 aliphatic heterocycles. The summed E-state index contributed by atoms with van der Waals surface area (Å²) in [4.78, 5) is 12.1. The third-order valence-electron chi connectivity index (χ3n) is 10.7. The summed E-state index contributed by atoms with van der Waals surface area (Å²) < 4.78 is 0. The topological polar surface area (TPSA) is 57.5 Å². The zero-order valence-electron chi connectivity index (χ0n) is 20.1. The smallest absolute Gasteiger partial charge is 0.133 e. The first kappa shape index (κ1) is 22.8. The van der Waals surface area contributed by atoms with E-state index in [-0.39, 0.29) is 11.5 Å². The van der Waals surface area contributed by atoms with Crippen molar-refractivity contribution in [2.45, 2.75) is 117 Å². The normalized spacial score (nSPS) is 47.4. The second-order valence-corrected chi connectivity index (χ2v) is 12.9. The molecule has 0 bridgehead atoms. The average Bonchev–Trinajstić information content (AvgIpc) is 2.99. The van der Waals surface area contributed by atoms with E-state index < -0.39 is 5.60 Å². The number of hydrogen-bond acceptors (Lipinski definition) is 3. The van der Waals surface area contributed by atoms with E-state index in [9.17, 15) is 15.0 Å². The summed E-state index contributed by atoms with van der Waals surface area (Å²) in [5.41, 5.74) is 0.0546. The van der Waals surface area contributed by atoms with Gasteiger partial charge in [0.1, 0.15) is 5.78 Å². The van der Waals surface area contributed by atoms with Gasteiger partial charge in [-0.1, -0.05) is 33.6 Å². The molecule has 0 aromatic carbocycles. The van der Waals surface area contributed by atoms with E-state index in [0.29, 0.717) is 47.2 Å². The van der Waals surface area contributed by atoms with Crippen molar-refractivity contribution in [2.24, 2.45) is 46.3 Å². The Morgan fingerprint density at radius 3 is 2.50 bits per heavy atom. The van der Waals surface area contributed by atoms with Gasteiger partial charge in [-0.15, -0.1) is 0 Å². The molecule has 9 atom stereocenters. The minimum absolute atomic E-state index is 0.215. The van der Waals surface area contributed by atoms with Crippen molar-refractivity contribution in [3.05, 3.63) is 0 Å². The maximum absolute atomic E-state index is 12.1. The summed E-state index contributed by atoms with van der Waals surface area (Å²) in [6.07, 6.45) is 11.4. The molecule has 0 aromatic rings. The molecule has 172 valence electrons. The van der Waals surface area contributed by atoms with Crippen molar-refractivity contribution >= 4 is 5.78 Å². The highest BCUT2D eigenvalue weighted by molar-refractivity contribution is 5.79. The maximum Gasteiger partial charge on any atom is 0.133 e. The van der Waals surface area contributed by atoms with Gasteiger partial charge in [-0.2, -0.15) is 0 Å². The van der Waals surface area contributed by atoms with E-state index in [1.807, 2.05) is 13.8 Å². The standard InChI is InChI=1S/C27H46O3/c1-17(7-6-12-25(2,3)30)20-8-9-21-24-22(11-14-27(20,21)5)26(4)13-10-19(28)15-18(26)16-23(24)29/h17-18,20-24,29-30H,6-16H2,1-5H3/t17-,18+,20-,21+,22+,23-,24+,26+,27-/m1/s1. The second kappa shape index (κ2) is 7.87. The molecular formula is C27H46O3. The molecule has 4 rings (SSSR count). The van der Waals surface area contributed by atoms with Crippen molar-refractivity contribution in [1.29, 1.82) is 0 Å². The SMILES string of the molecule is C[C@H](CCCC(C)(C)O)[C@H]1CC[C@H]2[C@@H]3[C@H](O)C[C@@H]4CC(=O)CC[C@]4(C)[C@H]3CC[C@]12C. The van der Waals surface area contributed by atoms with Crippen molar-refractivity contribution in [1.82, 2.24) is 0 Å². The van der Waals surface area contributed by atoms with Crippen LogP contribution in [0.3, 0.4) is 0 Å². The Kier molecular flexibility index (Phi) is 5.97. The number of carbonyl (C=O) groups is 1. The van der Waals surface area contributed by atoms with Crippen LogP contribution in [0.15, 0.2) is 0 Å². The summed E-state index contributed by atoms with van der Waals surface area (Å²) in [6.45, 7) is 11.3. The van der Waals surface area contributed by atoms with Crippen molar-refractivity contribution in [3.8, 4) is 0 Å². The molecule has 0 spiro atoms. The zero-order valence-corrected chi connectivity index (χ0v) is 20.1. The minimum atomic E-state index is -0.556.